The van der Waals surface area contributed by atoms with Crippen molar-refractivity contribution < 1.29 is 9.18 Å². The number of nitrogens with two attached hydrogens (primary N) is 1. The summed E-state index contributed by atoms with van der Waals surface area (Å²) in [6.07, 6.45) is 0.948. The molecule has 0 aliphatic rings. The number of carbonyl (C=O) groups excluding carboxylic acids is 1. The first kappa shape index (κ1) is 11.5. The van der Waals surface area contributed by atoms with Crippen molar-refractivity contribution in [1.82, 2.24) is 0 Å². The van der Waals surface area contributed by atoms with E-state index in [0.717, 1.165) is 6.42 Å². The molecule has 1 aromatic rings. The van der Waals surface area contributed by atoms with Gasteiger partial charge >= 0.3 is 0 Å². The summed E-state index contributed by atoms with van der Waals surface area (Å²) >= 11 is 0. The van der Waals surface area contributed by atoms with E-state index in [2.05, 4.69) is 5.32 Å². The summed E-state index contributed by atoms with van der Waals surface area (Å²) in [5.41, 5.74) is 5.67. The average Bonchev–Trinajstić information content (AvgIpc) is 2.20. The standard InChI is InChI=1S/C11H15FN2O/c1-3-7(2)14-8-4-5-10(12)9(6-8)11(13)15/h4-7,14H,3H2,1-2H3,(H2,13,15). The fourth-order valence-corrected chi connectivity index (χ4v) is 1.19. The highest BCUT2D eigenvalue weighted by Gasteiger charge is 2.09. The molecule has 1 amide bonds. The minimum absolute atomic E-state index is 0.0803. The maximum atomic E-state index is 13.1. The highest BCUT2D eigenvalue weighted by molar-refractivity contribution is 5.94. The Kier molecular flexibility index (Phi) is 3.66. The minimum atomic E-state index is -0.750. The molecule has 1 unspecified atom stereocenters. The van der Waals surface area contributed by atoms with Gasteiger partial charge in [-0.05, 0) is 31.5 Å². The molecule has 0 saturated heterocycles. The fraction of sp³-hybridized carbons (Fsp3) is 0.364. The molecule has 82 valence electrons. The summed E-state index contributed by atoms with van der Waals surface area (Å²) in [6.45, 7) is 4.05. The molecule has 0 bridgehead atoms. The lowest BCUT2D eigenvalue weighted by atomic mass is 10.1. The lowest BCUT2D eigenvalue weighted by Crippen LogP contribution is -2.16. The Balaban J connectivity index is 2.92. The summed E-state index contributed by atoms with van der Waals surface area (Å²) in [5, 5.41) is 3.14. The van der Waals surface area contributed by atoms with Crippen LogP contribution in [-0.4, -0.2) is 11.9 Å². The maximum absolute atomic E-state index is 13.1. The van der Waals surface area contributed by atoms with E-state index < -0.39 is 11.7 Å². The van der Waals surface area contributed by atoms with Gasteiger partial charge in [0, 0.05) is 11.7 Å². The number of amides is 1. The van der Waals surface area contributed by atoms with E-state index in [0.29, 0.717) is 5.69 Å². The third-order valence-corrected chi connectivity index (χ3v) is 2.26. The Morgan fingerprint density at radius 2 is 2.27 bits per heavy atom. The Morgan fingerprint density at radius 3 is 2.80 bits per heavy atom. The van der Waals surface area contributed by atoms with Gasteiger partial charge in [0.15, 0.2) is 0 Å². The van der Waals surface area contributed by atoms with Gasteiger partial charge in [0.05, 0.1) is 5.56 Å². The quantitative estimate of drug-likeness (QED) is 0.799. The molecule has 4 heteroatoms. The van der Waals surface area contributed by atoms with E-state index in [-0.39, 0.29) is 11.6 Å². The second-order valence-corrected chi connectivity index (χ2v) is 3.51. The Morgan fingerprint density at radius 1 is 1.60 bits per heavy atom. The first-order chi connectivity index (χ1) is 7.04. The van der Waals surface area contributed by atoms with Crippen LogP contribution in [0.3, 0.4) is 0 Å². The van der Waals surface area contributed by atoms with Crippen LogP contribution in [0, 0.1) is 5.82 Å². The molecule has 3 N–H and O–H groups in total. The van der Waals surface area contributed by atoms with Crippen LogP contribution in [0.1, 0.15) is 30.6 Å². The topological polar surface area (TPSA) is 55.1 Å². The molecule has 0 aliphatic heterocycles. The van der Waals surface area contributed by atoms with Crippen LogP contribution in [0.5, 0.6) is 0 Å². The van der Waals surface area contributed by atoms with Gasteiger partial charge in [-0.3, -0.25) is 4.79 Å². The van der Waals surface area contributed by atoms with Crippen LogP contribution in [0.15, 0.2) is 18.2 Å². The van der Waals surface area contributed by atoms with Crippen LogP contribution in [-0.2, 0) is 0 Å². The molecule has 1 rings (SSSR count). The van der Waals surface area contributed by atoms with Crippen molar-refractivity contribution in [3.63, 3.8) is 0 Å². The third kappa shape index (κ3) is 2.94. The first-order valence-corrected chi connectivity index (χ1v) is 4.90. The Bertz CT molecular complexity index is 366. The second kappa shape index (κ2) is 4.77. The Hall–Kier alpha value is -1.58. The zero-order chi connectivity index (χ0) is 11.4. The summed E-state index contributed by atoms with van der Waals surface area (Å²) < 4.78 is 13.1. The van der Waals surface area contributed by atoms with Crippen molar-refractivity contribution in [2.75, 3.05) is 5.32 Å². The Labute approximate surface area is 88.5 Å². The molecule has 1 aromatic carbocycles. The number of halogens is 1. The van der Waals surface area contributed by atoms with Crippen molar-refractivity contribution in [2.24, 2.45) is 5.73 Å². The molecular weight excluding hydrogens is 195 g/mol. The predicted octanol–water partition coefficient (Wildman–Crippen LogP) is 2.13. The van der Waals surface area contributed by atoms with Gasteiger partial charge in [-0.1, -0.05) is 6.92 Å². The molecule has 0 aliphatic carbocycles. The molecule has 0 heterocycles. The summed E-state index contributed by atoms with van der Waals surface area (Å²) in [5.74, 6) is -1.34. The minimum Gasteiger partial charge on any atom is -0.383 e. The summed E-state index contributed by atoms with van der Waals surface area (Å²) in [6, 6.07) is 4.54. The number of hydrogen-bond donors (Lipinski definition) is 2. The number of primary amides is 1. The van der Waals surface area contributed by atoms with Gasteiger partial charge in [-0.15, -0.1) is 0 Å². The highest BCUT2D eigenvalue weighted by Crippen LogP contribution is 2.15. The van der Waals surface area contributed by atoms with Crippen molar-refractivity contribution >= 4 is 11.6 Å². The fourth-order valence-electron chi connectivity index (χ4n) is 1.19. The number of hydrogen-bond acceptors (Lipinski definition) is 2. The molecule has 0 spiro atoms. The van der Waals surface area contributed by atoms with E-state index in [1.807, 2.05) is 13.8 Å². The lowest BCUT2D eigenvalue weighted by molar-refractivity contribution is 0.0996. The number of rotatable bonds is 4. The maximum Gasteiger partial charge on any atom is 0.251 e. The predicted molar refractivity (Wildman–Crippen MR) is 58.3 cm³/mol. The van der Waals surface area contributed by atoms with E-state index in [1.165, 1.54) is 12.1 Å². The van der Waals surface area contributed by atoms with Crippen LogP contribution >= 0.6 is 0 Å². The van der Waals surface area contributed by atoms with Crippen molar-refractivity contribution in [1.29, 1.82) is 0 Å². The number of carbonyl (C=O) groups is 1. The molecule has 3 nitrogen and oxygen atoms in total. The summed E-state index contributed by atoms with van der Waals surface area (Å²) in [4.78, 5) is 10.9. The third-order valence-electron chi connectivity index (χ3n) is 2.26. The molecular formula is C11H15FN2O. The van der Waals surface area contributed by atoms with Crippen LogP contribution < -0.4 is 11.1 Å². The SMILES string of the molecule is CCC(C)Nc1ccc(F)c(C(N)=O)c1. The average molecular weight is 210 g/mol. The normalized spacial score (nSPS) is 12.2. The van der Waals surface area contributed by atoms with Gasteiger partial charge < -0.3 is 11.1 Å². The van der Waals surface area contributed by atoms with E-state index >= 15 is 0 Å². The van der Waals surface area contributed by atoms with E-state index in [9.17, 15) is 9.18 Å². The van der Waals surface area contributed by atoms with E-state index in [4.69, 9.17) is 5.73 Å². The van der Waals surface area contributed by atoms with E-state index in [1.54, 1.807) is 6.07 Å². The molecule has 0 radical (unpaired) electrons. The molecule has 0 aromatic heterocycles. The molecule has 1 atom stereocenters. The first-order valence-electron chi connectivity index (χ1n) is 4.90. The van der Waals surface area contributed by atoms with Crippen LogP contribution in [0.25, 0.3) is 0 Å². The van der Waals surface area contributed by atoms with Crippen LogP contribution in [0.4, 0.5) is 10.1 Å². The number of anilines is 1. The monoisotopic (exact) mass is 210 g/mol. The van der Waals surface area contributed by atoms with Gasteiger partial charge in [-0.25, -0.2) is 4.39 Å². The largest absolute Gasteiger partial charge is 0.383 e. The zero-order valence-electron chi connectivity index (χ0n) is 8.88. The number of nitrogens with one attached hydrogen (secondary N) is 1. The zero-order valence-corrected chi connectivity index (χ0v) is 8.88. The van der Waals surface area contributed by atoms with Gasteiger partial charge in [-0.2, -0.15) is 0 Å². The van der Waals surface area contributed by atoms with Crippen molar-refractivity contribution in [2.45, 2.75) is 26.3 Å². The lowest BCUT2D eigenvalue weighted by Gasteiger charge is -2.13. The highest BCUT2D eigenvalue weighted by atomic mass is 19.1. The molecule has 0 saturated carbocycles. The van der Waals surface area contributed by atoms with Gasteiger partial charge in [0.2, 0.25) is 0 Å². The number of benzene rings is 1. The van der Waals surface area contributed by atoms with Crippen molar-refractivity contribution in [3.8, 4) is 0 Å². The molecule has 0 fully saturated rings. The van der Waals surface area contributed by atoms with Gasteiger partial charge in [0.25, 0.3) is 5.91 Å². The van der Waals surface area contributed by atoms with Gasteiger partial charge in [0.1, 0.15) is 5.82 Å². The second-order valence-electron chi connectivity index (χ2n) is 3.51. The van der Waals surface area contributed by atoms with Crippen LogP contribution in [0.2, 0.25) is 0 Å². The van der Waals surface area contributed by atoms with Crippen molar-refractivity contribution in [3.05, 3.63) is 29.6 Å². The molecule has 15 heavy (non-hydrogen) atoms. The smallest absolute Gasteiger partial charge is 0.251 e. The summed E-state index contributed by atoms with van der Waals surface area (Å²) in [7, 11) is 0.